The number of halogens is 1. The highest BCUT2D eigenvalue weighted by Gasteiger charge is 2.20. The van der Waals surface area contributed by atoms with Crippen LogP contribution < -0.4 is 15.8 Å². The molecule has 0 aliphatic carbocycles. The maximum absolute atomic E-state index is 11.9. The fourth-order valence-electron chi connectivity index (χ4n) is 2.30. The Balaban J connectivity index is 0.00000200. The average Bonchev–Trinajstić information content (AvgIpc) is 2.59. The van der Waals surface area contributed by atoms with Crippen LogP contribution in [0.15, 0.2) is 24.3 Å². The van der Waals surface area contributed by atoms with Gasteiger partial charge in [0.15, 0.2) is 0 Å². The maximum atomic E-state index is 11.9. The van der Waals surface area contributed by atoms with Gasteiger partial charge in [0.05, 0.1) is 12.6 Å². The number of amides is 1. The summed E-state index contributed by atoms with van der Waals surface area (Å²) >= 11 is 0. The number of carbonyl (C=O) groups is 1. The Kier molecular flexibility index (Phi) is 6.82. The zero-order valence-electron chi connectivity index (χ0n) is 11.8. The molecule has 0 spiro atoms. The van der Waals surface area contributed by atoms with Gasteiger partial charge in [0.2, 0.25) is 5.91 Å². The molecule has 2 atom stereocenters. The van der Waals surface area contributed by atoms with Gasteiger partial charge in [-0.1, -0.05) is 18.2 Å². The van der Waals surface area contributed by atoms with E-state index in [1.54, 1.807) is 0 Å². The van der Waals surface area contributed by atoms with Crippen molar-refractivity contribution in [2.24, 2.45) is 5.73 Å². The Bertz CT molecular complexity index is 438. The molecule has 0 radical (unpaired) electrons. The lowest BCUT2D eigenvalue weighted by atomic mass is 10.0. The van der Waals surface area contributed by atoms with Crippen LogP contribution in [0.2, 0.25) is 0 Å². The summed E-state index contributed by atoms with van der Waals surface area (Å²) in [6, 6.07) is 8.04. The Morgan fingerprint density at radius 3 is 3.00 bits per heavy atom. The number of nitrogens with two attached hydrogens (primary N) is 1. The second-order valence-electron chi connectivity index (χ2n) is 5.16. The van der Waals surface area contributed by atoms with Crippen LogP contribution in [0.3, 0.4) is 0 Å². The van der Waals surface area contributed by atoms with Crippen molar-refractivity contribution in [3.05, 3.63) is 29.8 Å². The largest absolute Gasteiger partial charge is 0.493 e. The summed E-state index contributed by atoms with van der Waals surface area (Å²) in [6.45, 7) is 2.63. The Morgan fingerprint density at radius 2 is 2.25 bits per heavy atom. The van der Waals surface area contributed by atoms with Gasteiger partial charge in [0.1, 0.15) is 5.75 Å². The first-order valence-corrected chi connectivity index (χ1v) is 6.93. The number of fused-ring (bicyclic) bond motifs is 1. The summed E-state index contributed by atoms with van der Waals surface area (Å²) in [5, 5.41) is 3.10. The summed E-state index contributed by atoms with van der Waals surface area (Å²) < 4.78 is 5.69. The highest BCUT2D eigenvalue weighted by molar-refractivity contribution is 5.85. The van der Waals surface area contributed by atoms with Gasteiger partial charge in [-0.15, -0.1) is 12.4 Å². The van der Waals surface area contributed by atoms with Crippen molar-refractivity contribution in [1.29, 1.82) is 0 Å². The van der Waals surface area contributed by atoms with E-state index < -0.39 is 0 Å². The molecule has 0 fully saturated rings. The van der Waals surface area contributed by atoms with E-state index >= 15 is 0 Å². The van der Waals surface area contributed by atoms with Crippen molar-refractivity contribution in [2.45, 2.75) is 44.7 Å². The SMILES string of the molecule is CC(N)CCC(=O)NC1CCCOc2ccccc21.Cl. The maximum Gasteiger partial charge on any atom is 0.220 e. The van der Waals surface area contributed by atoms with Gasteiger partial charge in [-0.2, -0.15) is 0 Å². The summed E-state index contributed by atoms with van der Waals surface area (Å²) in [5.41, 5.74) is 6.75. The van der Waals surface area contributed by atoms with Crippen LogP contribution in [0.5, 0.6) is 5.75 Å². The van der Waals surface area contributed by atoms with Crippen molar-refractivity contribution >= 4 is 18.3 Å². The van der Waals surface area contributed by atoms with Crippen molar-refractivity contribution in [3.63, 3.8) is 0 Å². The van der Waals surface area contributed by atoms with E-state index in [-0.39, 0.29) is 30.4 Å². The fourth-order valence-corrected chi connectivity index (χ4v) is 2.30. The van der Waals surface area contributed by atoms with Crippen molar-refractivity contribution in [1.82, 2.24) is 5.32 Å². The van der Waals surface area contributed by atoms with Crippen LogP contribution in [0.4, 0.5) is 0 Å². The third-order valence-electron chi connectivity index (χ3n) is 3.35. The van der Waals surface area contributed by atoms with Crippen LogP contribution in [-0.2, 0) is 4.79 Å². The number of carbonyl (C=O) groups excluding carboxylic acids is 1. The fraction of sp³-hybridized carbons (Fsp3) is 0.533. The topological polar surface area (TPSA) is 64.4 Å². The molecule has 0 bridgehead atoms. The lowest BCUT2D eigenvalue weighted by molar-refractivity contribution is -0.122. The van der Waals surface area contributed by atoms with E-state index in [0.717, 1.165) is 30.6 Å². The molecule has 112 valence electrons. The Hall–Kier alpha value is -1.26. The molecule has 0 saturated carbocycles. The lowest BCUT2D eigenvalue weighted by Gasteiger charge is -2.18. The smallest absolute Gasteiger partial charge is 0.220 e. The number of hydrogen-bond donors (Lipinski definition) is 2. The molecular weight excluding hydrogens is 276 g/mol. The minimum Gasteiger partial charge on any atom is -0.493 e. The number of nitrogens with one attached hydrogen (secondary N) is 1. The zero-order chi connectivity index (χ0) is 13.7. The molecule has 1 aromatic rings. The average molecular weight is 299 g/mol. The molecule has 0 aromatic heterocycles. The molecule has 4 nitrogen and oxygen atoms in total. The van der Waals surface area contributed by atoms with Gasteiger partial charge >= 0.3 is 0 Å². The van der Waals surface area contributed by atoms with Gasteiger partial charge in [-0.3, -0.25) is 4.79 Å². The molecule has 1 aliphatic heterocycles. The minimum absolute atomic E-state index is 0. The highest BCUT2D eigenvalue weighted by Crippen LogP contribution is 2.31. The van der Waals surface area contributed by atoms with Gasteiger partial charge < -0.3 is 15.8 Å². The number of ether oxygens (including phenoxy) is 1. The van der Waals surface area contributed by atoms with E-state index in [1.165, 1.54) is 0 Å². The number of hydrogen-bond acceptors (Lipinski definition) is 3. The molecule has 0 saturated heterocycles. The Labute approximate surface area is 126 Å². The van der Waals surface area contributed by atoms with Crippen molar-refractivity contribution < 1.29 is 9.53 Å². The van der Waals surface area contributed by atoms with E-state index in [9.17, 15) is 4.79 Å². The predicted octanol–water partition coefficient (Wildman–Crippen LogP) is 2.57. The van der Waals surface area contributed by atoms with Crippen molar-refractivity contribution in [3.8, 4) is 5.75 Å². The molecule has 5 heteroatoms. The molecular formula is C15H23ClN2O2. The quantitative estimate of drug-likeness (QED) is 0.898. The van der Waals surface area contributed by atoms with E-state index in [1.807, 2.05) is 31.2 Å². The minimum atomic E-state index is 0. The first-order valence-electron chi connectivity index (χ1n) is 6.93. The predicted molar refractivity (Wildman–Crippen MR) is 82.2 cm³/mol. The van der Waals surface area contributed by atoms with Gasteiger partial charge in [0.25, 0.3) is 0 Å². The third kappa shape index (κ3) is 4.69. The second-order valence-corrected chi connectivity index (χ2v) is 5.16. The summed E-state index contributed by atoms with van der Waals surface area (Å²) in [5.74, 6) is 0.955. The van der Waals surface area contributed by atoms with Crippen molar-refractivity contribution in [2.75, 3.05) is 6.61 Å². The van der Waals surface area contributed by atoms with E-state index in [2.05, 4.69) is 5.32 Å². The number of benzene rings is 1. The van der Waals surface area contributed by atoms with Gasteiger partial charge in [-0.05, 0) is 32.3 Å². The Morgan fingerprint density at radius 1 is 1.50 bits per heavy atom. The molecule has 20 heavy (non-hydrogen) atoms. The molecule has 1 aromatic carbocycles. The second kappa shape index (κ2) is 8.12. The summed E-state index contributed by atoms with van der Waals surface area (Å²) in [4.78, 5) is 11.9. The molecule has 3 N–H and O–H groups in total. The molecule has 2 rings (SSSR count). The van der Waals surface area contributed by atoms with Crippen LogP contribution in [-0.4, -0.2) is 18.6 Å². The first-order chi connectivity index (χ1) is 9.16. The molecule has 1 heterocycles. The van der Waals surface area contributed by atoms with Crippen LogP contribution in [0.1, 0.15) is 44.2 Å². The lowest BCUT2D eigenvalue weighted by Crippen LogP contribution is -2.29. The van der Waals surface area contributed by atoms with E-state index in [4.69, 9.17) is 10.5 Å². The first kappa shape index (κ1) is 16.8. The van der Waals surface area contributed by atoms with E-state index in [0.29, 0.717) is 13.0 Å². The normalized spacial score (nSPS) is 18.8. The van der Waals surface area contributed by atoms with Crippen LogP contribution in [0.25, 0.3) is 0 Å². The monoisotopic (exact) mass is 298 g/mol. The number of para-hydroxylation sites is 1. The van der Waals surface area contributed by atoms with Crippen LogP contribution >= 0.6 is 12.4 Å². The number of rotatable bonds is 4. The van der Waals surface area contributed by atoms with Gasteiger partial charge in [0, 0.05) is 18.0 Å². The summed E-state index contributed by atoms with van der Waals surface area (Å²) in [7, 11) is 0. The highest BCUT2D eigenvalue weighted by atomic mass is 35.5. The van der Waals surface area contributed by atoms with Gasteiger partial charge in [-0.25, -0.2) is 0 Å². The van der Waals surface area contributed by atoms with Crippen LogP contribution in [0, 0.1) is 0 Å². The molecule has 1 amide bonds. The summed E-state index contributed by atoms with van der Waals surface area (Å²) in [6.07, 6.45) is 3.07. The zero-order valence-corrected chi connectivity index (χ0v) is 12.6. The molecule has 2 unspecified atom stereocenters. The standard InChI is InChI=1S/C15H22N2O2.ClH/c1-11(16)8-9-15(18)17-13-6-4-10-19-14-7-3-2-5-12(13)14;/h2-3,5,7,11,13H,4,6,8-10,16H2,1H3,(H,17,18);1H. The third-order valence-corrected chi connectivity index (χ3v) is 3.35. The molecule has 1 aliphatic rings.